The maximum Gasteiger partial charge on any atom is 0.257 e. The molecule has 0 aromatic carbocycles. The van der Waals surface area contributed by atoms with E-state index in [-0.39, 0.29) is 5.91 Å². The van der Waals surface area contributed by atoms with Crippen molar-refractivity contribution >= 4 is 11.7 Å². The van der Waals surface area contributed by atoms with E-state index in [9.17, 15) is 4.79 Å². The summed E-state index contributed by atoms with van der Waals surface area (Å²) in [5.41, 5.74) is 3.59. The van der Waals surface area contributed by atoms with Crippen LogP contribution in [0.1, 0.15) is 40.1 Å². The van der Waals surface area contributed by atoms with Gasteiger partial charge in [-0.3, -0.25) is 9.48 Å². The lowest BCUT2D eigenvalue weighted by Gasteiger charge is -2.19. The Hall–Kier alpha value is -2.70. The number of anilines is 1. The van der Waals surface area contributed by atoms with Crippen LogP contribution >= 0.6 is 0 Å². The molecule has 0 unspecified atom stereocenters. The molecule has 138 valence electrons. The smallest absolute Gasteiger partial charge is 0.257 e. The highest BCUT2D eigenvalue weighted by atomic mass is 16.2. The van der Waals surface area contributed by atoms with Gasteiger partial charge in [0, 0.05) is 51.3 Å². The lowest BCUT2D eigenvalue weighted by Crippen LogP contribution is -2.33. The summed E-state index contributed by atoms with van der Waals surface area (Å²) < 4.78 is 1.69. The first-order chi connectivity index (χ1) is 12.5. The molecule has 0 spiro atoms. The third-order valence-corrected chi connectivity index (χ3v) is 4.65. The first-order valence-corrected chi connectivity index (χ1v) is 9.06. The molecular weight excluding hydrogens is 328 g/mol. The molecule has 0 fully saturated rings. The topological polar surface area (TPSA) is 75.9 Å². The molecule has 0 saturated carbocycles. The standard InChI is InChI=1S/C19H26N6O/c1-5-9-20-18-14-7-10-25(11-8-16(14)21-17(6-2)22-18)19(26)15-12-24(4)23-13(15)3/h5,12H,1,6-11H2,2-4H3,(H,20,21,22). The summed E-state index contributed by atoms with van der Waals surface area (Å²) in [5, 5.41) is 7.62. The van der Waals surface area contributed by atoms with Crippen LogP contribution in [0.3, 0.4) is 0 Å². The number of aryl methyl sites for hydroxylation is 3. The Balaban J connectivity index is 1.85. The number of hydrogen-bond acceptors (Lipinski definition) is 5. The second kappa shape index (κ2) is 7.68. The maximum absolute atomic E-state index is 12.9. The van der Waals surface area contributed by atoms with Crippen molar-refractivity contribution in [2.24, 2.45) is 7.05 Å². The van der Waals surface area contributed by atoms with Crippen molar-refractivity contribution in [2.75, 3.05) is 25.0 Å². The van der Waals surface area contributed by atoms with Gasteiger partial charge >= 0.3 is 0 Å². The van der Waals surface area contributed by atoms with Crippen molar-refractivity contribution in [3.63, 3.8) is 0 Å². The Labute approximate surface area is 154 Å². The van der Waals surface area contributed by atoms with Crippen molar-refractivity contribution in [3.05, 3.63) is 47.2 Å². The molecule has 26 heavy (non-hydrogen) atoms. The lowest BCUT2D eigenvalue weighted by molar-refractivity contribution is 0.0762. The van der Waals surface area contributed by atoms with Crippen LogP contribution in [-0.4, -0.2) is 50.2 Å². The van der Waals surface area contributed by atoms with E-state index >= 15 is 0 Å². The first-order valence-electron chi connectivity index (χ1n) is 9.06. The predicted molar refractivity (Wildman–Crippen MR) is 101 cm³/mol. The summed E-state index contributed by atoms with van der Waals surface area (Å²) in [6.07, 6.45) is 5.87. The normalized spacial score (nSPS) is 13.9. The van der Waals surface area contributed by atoms with Gasteiger partial charge < -0.3 is 10.2 Å². The van der Waals surface area contributed by atoms with E-state index in [1.54, 1.807) is 10.9 Å². The number of aromatic nitrogens is 4. The SMILES string of the molecule is C=CCNc1nc(CC)nc2c1CCN(C(=O)c1cn(C)nc1C)CC2. The molecule has 2 aromatic heterocycles. The highest BCUT2D eigenvalue weighted by molar-refractivity contribution is 5.95. The molecule has 0 saturated heterocycles. The van der Waals surface area contributed by atoms with Crippen LogP contribution in [0.15, 0.2) is 18.9 Å². The van der Waals surface area contributed by atoms with Crippen molar-refractivity contribution < 1.29 is 4.79 Å². The Morgan fingerprint density at radius 2 is 2.12 bits per heavy atom. The largest absolute Gasteiger partial charge is 0.366 e. The average Bonchev–Trinajstić information content (AvgIpc) is 2.84. The number of amides is 1. The van der Waals surface area contributed by atoms with Gasteiger partial charge in [-0.2, -0.15) is 5.10 Å². The Kier molecular flexibility index (Phi) is 5.35. The molecule has 3 heterocycles. The van der Waals surface area contributed by atoms with E-state index in [2.05, 4.69) is 28.9 Å². The summed E-state index contributed by atoms with van der Waals surface area (Å²) in [6, 6.07) is 0. The minimum Gasteiger partial charge on any atom is -0.366 e. The Morgan fingerprint density at radius 3 is 2.77 bits per heavy atom. The predicted octanol–water partition coefficient (Wildman–Crippen LogP) is 1.92. The number of carbonyl (C=O) groups excluding carboxylic acids is 1. The zero-order valence-corrected chi connectivity index (χ0v) is 15.7. The monoisotopic (exact) mass is 354 g/mol. The van der Waals surface area contributed by atoms with Gasteiger partial charge in [0.15, 0.2) is 0 Å². The van der Waals surface area contributed by atoms with Gasteiger partial charge in [0.05, 0.1) is 17.0 Å². The summed E-state index contributed by atoms with van der Waals surface area (Å²) in [6.45, 7) is 9.65. The molecule has 1 amide bonds. The number of hydrogen-bond donors (Lipinski definition) is 1. The van der Waals surface area contributed by atoms with Crippen LogP contribution in [0, 0.1) is 6.92 Å². The number of nitrogens with one attached hydrogen (secondary N) is 1. The van der Waals surface area contributed by atoms with E-state index in [0.29, 0.717) is 25.2 Å². The molecule has 0 aliphatic carbocycles. The molecular formula is C19H26N6O. The molecule has 7 heteroatoms. The Morgan fingerprint density at radius 1 is 1.35 bits per heavy atom. The first kappa shape index (κ1) is 18.1. The van der Waals surface area contributed by atoms with E-state index in [1.807, 2.05) is 24.9 Å². The van der Waals surface area contributed by atoms with Crippen LogP contribution in [-0.2, 0) is 26.3 Å². The second-order valence-electron chi connectivity index (χ2n) is 6.53. The zero-order chi connectivity index (χ0) is 18.7. The van der Waals surface area contributed by atoms with Crippen molar-refractivity contribution in [1.29, 1.82) is 0 Å². The second-order valence-corrected chi connectivity index (χ2v) is 6.53. The fourth-order valence-corrected chi connectivity index (χ4v) is 3.31. The van der Waals surface area contributed by atoms with Gasteiger partial charge in [-0.25, -0.2) is 9.97 Å². The third-order valence-electron chi connectivity index (χ3n) is 4.65. The third kappa shape index (κ3) is 3.61. The quantitative estimate of drug-likeness (QED) is 0.830. The molecule has 1 aliphatic heterocycles. The summed E-state index contributed by atoms with van der Waals surface area (Å²) in [7, 11) is 1.83. The summed E-state index contributed by atoms with van der Waals surface area (Å²) in [4.78, 5) is 24.2. The minimum absolute atomic E-state index is 0.0349. The van der Waals surface area contributed by atoms with Crippen LogP contribution in [0.5, 0.6) is 0 Å². The molecule has 3 rings (SSSR count). The van der Waals surface area contributed by atoms with Crippen LogP contribution in [0.25, 0.3) is 0 Å². The molecule has 0 bridgehead atoms. The van der Waals surface area contributed by atoms with Gasteiger partial charge in [-0.15, -0.1) is 6.58 Å². The molecule has 1 aliphatic rings. The number of nitrogens with zero attached hydrogens (tertiary/aromatic N) is 5. The van der Waals surface area contributed by atoms with E-state index in [1.165, 1.54) is 0 Å². The highest BCUT2D eigenvalue weighted by Gasteiger charge is 2.25. The van der Waals surface area contributed by atoms with Crippen molar-refractivity contribution in [3.8, 4) is 0 Å². The van der Waals surface area contributed by atoms with E-state index in [0.717, 1.165) is 47.9 Å². The van der Waals surface area contributed by atoms with Gasteiger partial charge in [-0.05, 0) is 13.3 Å². The lowest BCUT2D eigenvalue weighted by atomic mass is 10.1. The van der Waals surface area contributed by atoms with Crippen molar-refractivity contribution in [1.82, 2.24) is 24.6 Å². The van der Waals surface area contributed by atoms with Gasteiger partial charge in [0.1, 0.15) is 11.6 Å². The molecule has 7 nitrogen and oxygen atoms in total. The van der Waals surface area contributed by atoms with Gasteiger partial charge in [0.2, 0.25) is 0 Å². The number of rotatable bonds is 5. The molecule has 2 aromatic rings. The van der Waals surface area contributed by atoms with Crippen LogP contribution in [0.4, 0.5) is 5.82 Å². The summed E-state index contributed by atoms with van der Waals surface area (Å²) in [5.74, 6) is 1.74. The van der Waals surface area contributed by atoms with Gasteiger partial charge in [0.25, 0.3) is 5.91 Å². The Bertz CT molecular complexity index is 826. The molecule has 0 atom stereocenters. The van der Waals surface area contributed by atoms with E-state index < -0.39 is 0 Å². The average molecular weight is 354 g/mol. The zero-order valence-electron chi connectivity index (χ0n) is 15.7. The number of carbonyl (C=O) groups is 1. The fourth-order valence-electron chi connectivity index (χ4n) is 3.31. The van der Waals surface area contributed by atoms with E-state index in [4.69, 9.17) is 4.98 Å². The van der Waals surface area contributed by atoms with Gasteiger partial charge in [-0.1, -0.05) is 13.0 Å². The van der Waals surface area contributed by atoms with Crippen LogP contribution < -0.4 is 5.32 Å². The molecule has 0 radical (unpaired) electrons. The maximum atomic E-state index is 12.9. The fraction of sp³-hybridized carbons (Fsp3) is 0.474. The highest BCUT2D eigenvalue weighted by Crippen LogP contribution is 2.23. The van der Waals surface area contributed by atoms with Crippen LogP contribution in [0.2, 0.25) is 0 Å². The molecule has 1 N–H and O–H groups in total. The number of fused-ring (bicyclic) bond motifs is 1. The summed E-state index contributed by atoms with van der Waals surface area (Å²) >= 11 is 0. The van der Waals surface area contributed by atoms with Crippen molar-refractivity contribution in [2.45, 2.75) is 33.1 Å². The minimum atomic E-state index is 0.0349.